The average molecular weight is 520 g/mol. The average Bonchev–Trinajstić information content (AvgIpc) is 3.19. The van der Waals surface area contributed by atoms with E-state index in [1.165, 1.54) is 6.07 Å². The van der Waals surface area contributed by atoms with Gasteiger partial charge in [0.15, 0.2) is 27.8 Å². The maximum Gasteiger partial charge on any atom is 0.175 e. The first kappa shape index (κ1) is 26.5. The molecule has 1 aliphatic rings. The largest absolute Gasteiger partial charge is 0.379 e. The number of ether oxygens (including phenoxy) is 3. The molecule has 0 spiro atoms. The van der Waals surface area contributed by atoms with Crippen molar-refractivity contribution < 1.29 is 31.4 Å². The highest BCUT2D eigenvalue weighted by Crippen LogP contribution is 2.31. The molecule has 1 fully saturated rings. The predicted molar refractivity (Wildman–Crippen MR) is 133 cm³/mol. The van der Waals surface area contributed by atoms with Gasteiger partial charge in [-0.1, -0.05) is 12.1 Å². The van der Waals surface area contributed by atoms with E-state index in [1.54, 1.807) is 24.3 Å². The van der Waals surface area contributed by atoms with E-state index in [2.05, 4.69) is 0 Å². The van der Waals surface area contributed by atoms with Gasteiger partial charge in [0.1, 0.15) is 0 Å². The van der Waals surface area contributed by atoms with Crippen molar-refractivity contribution in [3.8, 4) is 16.9 Å². The van der Waals surface area contributed by atoms with Crippen molar-refractivity contribution >= 4 is 9.84 Å². The minimum absolute atomic E-state index is 0.147. The lowest BCUT2D eigenvalue weighted by molar-refractivity contribution is -0.168. The lowest BCUT2D eigenvalue weighted by atomic mass is 10.1. The molecule has 1 atom stereocenters. The number of rotatable bonds is 10. The van der Waals surface area contributed by atoms with Gasteiger partial charge in [0.05, 0.1) is 30.4 Å². The highest BCUT2D eigenvalue weighted by atomic mass is 32.2. The second-order valence-corrected chi connectivity index (χ2v) is 10.9. The highest BCUT2D eigenvalue weighted by molar-refractivity contribution is 7.90. The Morgan fingerprint density at radius 2 is 1.78 bits per heavy atom. The molecule has 0 saturated carbocycles. The van der Waals surface area contributed by atoms with Gasteiger partial charge in [0.2, 0.25) is 0 Å². The van der Waals surface area contributed by atoms with E-state index < -0.39 is 21.5 Å². The third kappa shape index (κ3) is 6.39. The van der Waals surface area contributed by atoms with E-state index >= 15 is 0 Å². The monoisotopic (exact) mass is 519 g/mol. The summed E-state index contributed by atoms with van der Waals surface area (Å²) in [5.41, 5.74) is 3.81. The summed E-state index contributed by atoms with van der Waals surface area (Å²) < 4.78 is 70.3. The Labute approximate surface area is 210 Å². The van der Waals surface area contributed by atoms with Crippen LogP contribution in [0.25, 0.3) is 16.9 Å². The number of nitrogens with zero attached hydrogens (tertiary/aromatic N) is 1. The van der Waals surface area contributed by atoms with Crippen LogP contribution in [0.5, 0.6) is 0 Å². The zero-order valence-electron chi connectivity index (χ0n) is 20.5. The predicted octanol–water partition coefficient (Wildman–Crippen LogP) is 5.24. The number of aromatic nitrogens is 1. The summed E-state index contributed by atoms with van der Waals surface area (Å²) in [7, 11) is -3.34. The van der Waals surface area contributed by atoms with Gasteiger partial charge in [-0.15, -0.1) is 0 Å². The smallest absolute Gasteiger partial charge is 0.175 e. The summed E-state index contributed by atoms with van der Waals surface area (Å²) in [6, 6.07) is 12.3. The molecule has 0 aliphatic carbocycles. The van der Waals surface area contributed by atoms with Gasteiger partial charge >= 0.3 is 0 Å². The Hall–Kier alpha value is -2.59. The summed E-state index contributed by atoms with van der Waals surface area (Å²) in [6.45, 7) is 4.01. The van der Waals surface area contributed by atoms with Gasteiger partial charge in [-0.25, -0.2) is 17.2 Å². The molecule has 1 aromatic heterocycles. The molecule has 0 bridgehead atoms. The number of hydrogen-bond acceptors (Lipinski definition) is 5. The molecular formula is C27H31F2NO5S. The molecule has 0 amide bonds. The summed E-state index contributed by atoms with van der Waals surface area (Å²) in [6.07, 6.45) is 4.71. The van der Waals surface area contributed by atoms with Crippen molar-refractivity contribution in [3.63, 3.8) is 0 Å². The fraction of sp³-hybridized carbons (Fsp3) is 0.407. The van der Waals surface area contributed by atoms with Crippen LogP contribution in [0.15, 0.2) is 53.4 Å². The Bertz CT molecular complexity index is 1280. The molecule has 36 heavy (non-hydrogen) atoms. The molecule has 2 aromatic carbocycles. The van der Waals surface area contributed by atoms with Crippen molar-refractivity contribution in [1.82, 2.24) is 4.57 Å². The SMILES string of the molecule is Cc1c(CCOCCOC2CCCCO2)cc(-c2ccc(S(C)(=O)=O)cc2)n1-c1ccc(F)c(F)c1. The fourth-order valence-electron chi connectivity index (χ4n) is 4.32. The molecule has 1 unspecified atom stereocenters. The quantitative estimate of drug-likeness (QED) is 0.343. The van der Waals surface area contributed by atoms with E-state index in [0.29, 0.717) is 31.9 Å². The minimum Gasteiger partial charge on any atom is -0.379 e. The highest BCUT2D eigenvalue weighted by Gasteiger charge is 2.18. The van der Waals surface area contributed by atoms with Gasteiger partial charge in [0.25, 0.3) is 0 Å². The summed E-state index contributed by atoms with van der Waals surface area (Å²) >= 11 is 0. The first-order valence-corrected chi connectivity index (χ1v) is 13.9. The van der Waals surface area contributed by atoms with E-state index in [0.717, 1.165) is 66.8 Å². The molecule has 6 nitrogen and oxygen atoms in total. The third-order valence-corrected chi connectivity index (χ3v) is 7.41. The number of halogens is 2. The normalized spacial score (nSPS) is 16.4. The molecule has 1 saturated heterocycles. The van der Waals surface area contributed by atoms with Crippen molar-refractivity contribution in [3.05, 3.63) is 71.4 Å². The van der Waals surface area contributed by atoms with Gasteiger partial charge < -0.3 is 18.8 Å². The van der Waals surface area contributed by atoms with Crippen molar-refractivity contribution in [2.24, 2.45) is 0 Å². The zero-order valence-corrected chi connectivity index (χ0v) is 21.3. The molecule has 3 aromatic rings. The van der Waals surface area contributed by atoms with Crippen molar-refractivity contribution in [1.29, 1.82) is 0 Å². The Kier molecular flexibility index (Phi) is 8.56. The van der Waals surface area contributed by atoms with Crippen LogP contribution in [0.1, 0.15) is 30.5 Å². The lowest BCUT2D eigenvalue weighted by Gasteiger charge is -2.22. The maximum absolute atomic E-state index is 14.1. The standard InChI is InChI=1S/C27H31F2NO5S/c1-19-21(12-14-33-15-16-35-27-5-3-4-13-34-27)17-26(20-6-9-23(10-7-20)36(2,31)32)30(19)22-8-11-24(28)25(29)18-22/h6-11,17-18,27H,3-5,12-16H2,1-2H3. The Morgan fingerprint density at radius 1 is 1.00 bits per heavy atom. The molecular weight excluding hydrogens is 488 g/mol. The van der Waals surface area contributed by atoms with Crippen LogP contribution in [-0.4, -0.2) is 52.0 Å². The van der Waals surface area contributed by atoms with Gasteiger partial charge in [-0.05, 0) is 74.1 Å². The molecule has 4 rings (SSSR count). The molecule has 9 heteroatoms. The molecule has 0 radical (unpaired) electrons. The van der Waals surface area contributed by atoms with Crippen LogP contribution in [0.4, 0.5) is 8.78 Å². The van der Waals surface area contributed by atoms with Crippen LogP contribution >= 0.6 is 0 Å². The fourth-order valence-corrected chi connectivity index (χ4v) is 4.95. The second kappa shape index (κ2) is 11.6. The van der Waals surface area contributed by atoms with Crippen LogP contribution in [-0.2, 0) is 30.5 Å². The van der Waals surface area contributed by atoms with Crippen LogP contribution in [0.2, 0.25) is 0 Å². The molecule has 2 heterocycles. The lowest BCUT2D eigenvalue weighted by Crippen LogP contribution is -2.24. The number of sulfone groups is 1. The zero-order chi connectivity index (χ0) is 25.7. The Morgan fingerprint density at radius 3 is 2.44 bits per heavy atom. The number of hydrogen-bond donors (Lipinski definition) is 0. The first-order chi connectivity index (χ1) is 17.2. The maximum atomic E-state index is 14.1. The van der Waals surface area contributed by atoms with E-state index in [1.807, 2.05) is 17.6 Å². The summed E-state index contributed by atoms with van der Waals surface area (Å²) in [4.78, 5) is 0.211. The van der Waals surface area contributed by atoms with E-state index in [4.69, 9.17) is 14.2 Å². The van der Waals surface area contributed by atoms with Crippen molar-refractivity contribution in [2.75, 3.05) is 32.7 Å². The third-order valence-electron chi connectivity index (χ3n) is 6.28. The van der Waals surface area contributed by atoms with Crippen molar-refractivity contribution in [2.45, 2.75) is 43.8 Å². The van der Waals surface area contributed by atoms with Gasteiger partial charge in [-0.2, -0.15) is 0 Å². The molecule has 0 N–H and O–H groups in total. The van der Waals surface area contributed by atoms with Crippen LogP contribution in [0.3, 0.4) is 0 Å². The first-order valence-electron chi connectivity index (χ1n) is 12.0. The number of benzene rings is 2. The Balaban J connectivity index is 1.51. The van der Waals surface area contributed by atoms with Gasteiger partial charge in [-0.3, -0.25) is 0 Å². The molecule has 1 aliphatic heterocycles. The molecule has 194 valence electrons. The second-order valence-electron chi connectivity index (χ2n) is 8.90. The van der Waals surface area contributed by atoms with E-state index in [-0.39, 0.29) is 11.2 Å². The van der Waals surface area contributed by atoms with Crippen LogP contribution in [0, 0.1) is 18.6 Å². The van der Waals surface area contributed by atoms with Gasteiger partial charge in [0, 0.05) is 30.3 Å². The van der Waals surface area contributed by atoms with Crippen LogP contribution < -0.4 is 0 Å². The summed E-state index contributed by atoms with van der Waals surface area (Å²) in [5.74, 6) is -1.86. The summed E-state index contributed by atoms with van der Waals surface area (Å²) in [5, 5.41) is 0. The minimum atomic E-state index is -3.34. The topological polar surface area (TPSA) is 66.8 Å². The van der Waals surface area contributed by atoms with E-state index in [9.17, 15) is 17.2 Å².